The van der Waals surface area contributed by atoms with Crippen LogP contribution in [-0.4, -0.2) is 8.41 Å². The van der Waals surface area contributed by atoms with Gasteiger partial charge < -0.3 is 0 Å². The molecule has 3 radical (unpaired) electrons. The summed E-state index contributed by atoms with van der Waals surface area (Å²) in [5.41, 5.74) is 0. The summed E-state index contributed by atoms with van der Waals surface area (Å²) in [5.74, 6) is 0. The van der Waals surface area contributed by atoms with E-state index >= 15 is 0 Å². The van der Waals surface area contributed by atoms with Gasteiger partial charge in [-0.05, 0) is 0 Å². The summed E-state index contributed by atoms with van der Waals surface area (Å²) in [7, 11) is 0. The second-order valence-corrected chi connectivity index (χ2v) is 0. The van der Waals surface area contributed by atoms with E-state index in [1.165, 1.54) is 0 Å². The van der Waals surface area contributed by atoms with Gasteiger partial charge in [-0.1, -0.05) is 62.8 Å². The fourth-order valence-corrected chi connectivity index (χ4v) is 0. The predicted octanol–water partition coefficient (Wildman–Crippen LogP) is 4.76. The zero-order valence-corrected chi connectivity index (χ0v) is 8.99. The molecule has 0 saturated heterocycles. The number of hydrogen-bond acceptors (Lipinski definition) is 0. The van der Waals surface area contributed by atoms with Gasteiger partial charge in [0, 0.05) is 9.84 Å². The molecule has 0 aliphatic rings. The topological polar surface area (TPSA) is 0 Å². The molecule has 11 heavy (non-hydrogen) atoms. The van der Waals surface area contributed by atoms with E-state index in [1.54, 1.807) is 0 Å². The molecule has 0 aromatic rings. The van der Waals surface area contributed by atoms with Crippen molar-refractivity contribution in [3.63, 3.8) is 0 Å². The lowest BCUT2D eigenvalue weighted by molar-refractivity contribution is 1.11. The molecule has 0 aromatic carbocycles. The van der Waals surface area contributed by atoms with E-state index in [9.17, 15) is 0 Å². The Morgan fingerprint density at radius 3 is 0.545 bits per heavy atom. The highest BCUT2D eigenvalue weighted by Gasteiger charge is 0.938. The lowest BCUT2D eigenvalue weighted by Gasteiger charge is -1.07. The van der Waals surface area contributed by atoms with Crippen molar-refractivity contribution < 1.29 is 6.13 Å². The third kappa shape index (κ3) is 24900000. The molecule has 0 unspecified atom stereocenters. The van der Waals surface area contributed by atoms with E-state index in [0.717, 1.165) is 0 Å². The molecule has 0 aliphatic carbocycles. The van der Waals surface area contributed by atoms with Crippen molar-refractivity contribution in [2.75, 3.05) is 0 Å². The van der Waals surface area contributed by atoms with Gasteiger partial charge in [-0.25, -0.2) is 0 Å². The van der Waals surface area contributed by atoms with Gasteiger partial charge in [0.2, 0.25) is 0 Å². The van der Waals surface area contributed by atoms with Crippen LogP contribution >= 0.6 is 0 Å². The zero-order chi connectivity index (χ0) is 8.00. The molecule has 0 rings (SSSR count). The van der Waals surface area contributed by atoms with Crippen molar-refractivity contribution >= 4 is 8.41 Å². The molecule has 0 saturated carbocycles. The molecule has 2 heteroatoms. The largest absolute Gasteiger partial charge is 0.269 e. The first-order valence-electron chi connectivity index (χ1n) is 4.00. The maximum absolute atomic E-state index is 2.00. The average molecular weight is 170 g/mol. The Bertz CT molecular complexity index is 14.5. The molecule has 0 fully saturated rings. The molecule has 0 atom stereocenters. The van der Waals surface area contributed by atoms with Gasteiger partial charge in [-0.2, -0.15) is 0 Å². The molecule has 0 N–H and O–H groups in total. The van der Waals surface area contributed by atoms with Crippen LogP contribution in [0.5, 0.6) is 0 Å². The fourth-order valence-electron chi connectivity index (χ4n) is 0. The monoisotopic (exact) mass is 170 g/mol. The van der Waals surface area contributed by atoms with Crippen molar-refractivity contribution in [3.8, 4) is 0 Å². The van der Waals surface area contributed by atoms with Gasteiger partial charge in [-0.3, -0.25) is 4.70 Å². The number of rotatable bonds is 0. The van der Waals surface area contributed by atoms with Crippen LogP contribution < -0.4 is 0 Å². The quantitative estimate of drug-likeness (QED) is 0.460. The first-order valence-corrected chi connectivity index (χ1v) is 4.00. The first kappa shape index (κ1) is 68.8. The predicted molar refractivity (Wildman–Crippen MR) is 62.5 cm³/mol. The third-order valence-corrected chi connectivity index (χ3v) is 0. The fraction of sp³-hybridized carbons (Fsp3) is 1.00. The summed E-state index contributed by atoms with van der Waals surface area (Å²) in [5, 5.41) is 0. The van der Waals surface area contributed by atoms with Crippen LogP contribution in [0.3, 0.4) is 0 Å². The van der Waals surface area contributed by atoms with E-state index < -0.39 is 0 Å². The minimum atomic E-state index is 0. The Morgan fingerprint density at radius 1 is 0.545 bits per heavy atom. The molecule has 0 amide bonds. The van der Waals surface area contributed by atoms with Crippen molar-refractivity contribution in [2.45, 2.75) is 62.8 Å². The van der Waals surface area contributed by atoms with E-state index in [0.29, 0.717) is 0 Å². The second-order valence-electron chi connectivity index (χ2n) is 0. The van der Waals surface area contributed by atoms with E-state index in [-0.39, 0.29) is 22.0 Å². The summed E-state index contributed by atoms with van der Waals surface area (Å²) < 4.78 is 0. The smallest absolute Gasteiger partial charge is 0 e. The van der Waals surface area contributed by atoms with Crippen LogP contribution in [0.15, 0.2) is 0 Å². The first-order chi connectivity index (χ1) is 4.00. The van der Waals surface area contributed by atoms with E-state index in [2.05, 4.69) is 0 Å². The molecule has 0 heterocycles. The minimum Gasteiger partial charge on any atom is -0.269 e. The normalized spacial score (nSPS) is 2.18. The molecule has 0 aromatic heterocycles. The summed E-state index contributed by atoms with van der Waals surface area (Å²) >= 11 is 0. The van der Waals surface area contributed by atoms with Crippen LogP contribution in [0, 0.1) is 0 Å². The number of hydrogen-bond donors (Lipinski definition) is 0. The molecule has 0 nitrogen and oxygen atoms in total. The van der Waals surface area contributed by atoms with Gasteiger partial charge in [0.15, 0.2) is 0 Å². The summed E-state index contributed by atoms with van der Waals surface area (Å²) in [6.07, 6.45) is 0. The van der Waals surface area contributed by atoms with Gasteiger partial charge in [-0.15, -0.1) is 0 Å². The average Bonchev–Trinajstić information content (AvgIpc) is 2.03. The van der Waals surface area contributed by atoms with Crippen LogP contribution in [0.4, 0.5) is 4.70 Å². The molecule has 0 spiro atoms. The highest BCUT2D eigenvalue weighted by molar-refractivity contribution is 5.75. The Kier molecular flexibility index (Phi) is 197000000. The van der Waals surface area contributed by atoms with Gasteiger partial charge >= 0.3 is 0 Å². The Labute approximate surface area is 78.2 Å². The van der Waals surface area contributed by atoms with Crippen molar-refractivity contribution in [1.82, 2.24) is 0 Å². The summed E-state index contributed by atoms with van der Waals surface area (Å²) in [6.45, 7) is 16.0. The van der Waals surface area contributed by atoms with Gasteiger partial charge in [0.25, 0.3) is 0 Å². The SMILES string of the molecule is C.CC.CC.CC.CC.F.[2HH].[B]. The van der Waals surface area contributed by atoms with E-state index in [1.807, 2.05) is 55.4 Å². The lowest BCUT2D eigenvalue weighted by atomic mass is 10.8. The van der Waals surface area contributed by atoms with Crippen molar-refractivity contribution in [1.29, 1.82) is 0 Å². The van der Waals surface area contributed by atoms with E-state index in [4.69, 9.17) is 0 Å². The van der Waals surface area contributed by atoms with Crippen LogP contribution in [0.1, 0.15) is 64.2 Å². The standard InChI is InChI=1S/4C2H6.CH4.B.FH.H2/c4*1-2;;;;/h4*1-2H3;1H4;;2*1H/i;;;;;;;1+1. The highest BCUT2D eigenvalue weighted by Crippen LogP contribution is 1.15. The Hall–Kier alpha value is -0.00506. The second kappa shape index (κ2) is 31500000. The summed E-state index contributed by atoms with van der Waals surface area (Å²) in [4.78, 5) is 0. The Balaban J connectivity index is -0.00000000267. The van der Waals surface area contributed by atoms with Crippen LogP contribution in [0.2, 0.25) is 0 Å². The molecule has 0 bridgehead atoms. The highest BCUT2D eigenvalue weighted by atomic mass is 19.0. The summed E-state index contributed by atoms with van der Waals surface area (Å²) in [6, 6.07) is 0. The molecular formula is C9H31BF. The number of halogens is 1. The zero-order valence-electron chi connectivity index (χ0n) is 8.99. The van der Waals surface area contributed by atoms with Crippen LogP contribution in [0.25, 0.3) is 0 Å². The van der Waals surface area contributed by atoms with Crippen LogP contribution in [-0.2, 0) is 0 Å². The van der Waals surface area contributed by atoms with Gasteiger partial charge in [0.1, 0.15) is 0 Å². The maximum atomic E-state index is 2.00. The minimum absolute atomic E-state index is 0. The Morgan fingerprint density at radius 2 is 0.545 bits per heavy atom. The third-order valence-electron chi connectivity index (χ3n) is 0. The molecule has 0 aliphatic heterocycles. The maximum Gasteiger partial charge on any atom is 0 e. The van der Waals surface area contributed by atoms with Crippen molar-refractivity contribution in [2.24, 2.45) is 0 Å². The molecule has 77 valence electrons. The molecular weight excluding hydrogens is 138 g/mol. The van der Waals surface area contributed by atoms with Gasteiger partial charge in [0.05, 0.1) is 0 Å². The van der Waals surface area contributed by atoms with Crippen molar-refractivity contribution in [3.05, 3.63) is 0 Å². The lowest BCUT2D eigenvalue weighted by Crippen LogP contribution is -0.856.